The Morgan fingerprint density at radius 3 is 2.62 bits per heavy atom. The average Bonchev–Trinajstić information content (AvgIpc) is 2.56. The highest BCUT2D eigenvalue weighted by Crippen LogP contribution is 1.98. The van der Waals surface area contributed by atoms with Gasteiger partial charge in [0.05, 0.1) is 5.69 Å². The van der Waals surface area contributed by atoms with Crippen LogP contribution in [0.2, 0.25) is 0 Å². The van der Waals surface area contributed by atoms with E-state index in [9.17, 15) is 0 Å². The molecule has 1 rings (SSSR count). The summed E-state index contributed by atoms with van der Waals surface area (Å²) < 4.78 is 1.90. The summed E-state index contributed by atoms with van der Waals surface area (Å²) >= 11 is 0. The summed E-state index contributed by atoms with van der Waals surface area (Å²) in [5, 5.41) is 11.0. The fourth-order valence-corrected chi connectivity index (χ4v) is 1.47. The quantitative estimate of drug-likeness (QED) is 0.715. The number of nitrogens with one attached hydrogen (secondary N) is 2. The molecule has 0 amide bonds. The Bertz CT molecular complexity index is 298. The van der Waals surface area contributed by atoms with E-state index in [1.54, 1.807) is 0 Å². The second-order valence-electron chi connectivity index (χ2n) is 5.15. The fraction of sp³-hybridized carbons (Fsp3) is 0.750. The van der Waals surface area contributed by atoms with Crippen LogP contribution in [0.4, 0.5) is 0 Å². The van der Waals surface area contributed by atoms with Crippen LogP contribution in [0.5, 0.6) is 0 Å². The summed E-state index contributed by atoms with van der Waals surface area (Å²) in [5.74, 6) is 0. The monoisotopic (exact) mass is 224 g/mol. The van der Waals surface area contributed by atoms with Crippen LogP contribution in [-0.2, 0) is 13.6 Å². The molecule has 0 atom stereocenters. The highest BCUT2D eigenvalue weighted by Gasteiger charge is 2.06. The number of hydrogen-bond donors (Lipinski definition) is 2. The van der Waals surface area contributed by atoms with Crippen molar-refractivity contribution >= 4 is 0 Å². The van der Waals surface area contributed by atoms with Gasteiger partial charge in [-0.05, 0) is 46.3 Å². The van der Waals surface area contributed by atoms with Gasteiger partial charge in [0.25, 0.3) is 0 Å². The standard InChI is InChI=1S/C12H24N4/c1-12(2,3)14-8-5-7-13-10-11-6-9-15-16(11)4/h6,9,13-14H,5,7-8,10H2,1-4H3. The van der Waals surface area contributed by atoms with E-state index in [2.05, 4.69) is 36.5 Å². The second-order valence-corrected chi connectivity index (χ2v) is 5.15. The SMILES string of the molecule is Cn1nccc1CNCCCNC(C)(C)C. The van der Waals surface area contributed by atoms with Crippen molar-refractivity contribution in [2.45, 2.75) is 39.3 Å². The van der Waals surface area contributed by atoms with Crippen LogP contribution in [0, 0.1) is 0 Å². The van der Waals surface area contributed by atoms with E-state index < -0.39 is 0 Å². The Morgan fingerprint density at radius 1 is 1.31 bits per heavy atom. The predicted octanol–water partition coefficient (Wildman–Crippen LogP) is 1.29. The number of aromatic nitrogens is 2. The zero-order valence-electron chi connectivity index (χ0n) is 10.9. The van der Waals surface area contributed by atoms with E-state index in [-0.39, 0.29) is 5.54 Å². The van der Waals surface area contributed by atoms with Crippen LogP contribution in [-0.4, -0.2) is 28.4 Å². The molecule has 0 aliphatic carbocycles. The average molecular weight is 224 g/mol. The molecule has 0 aromatic carbocycles. The maximum atomic E-state index is 4.13. The lowest BCUT2D eigenvalue weighted by atomic mass is 10.1. The van der Waals surface area contributed by atoms with Crippen molar-refractivity contribution in [3.8, 4) is 0 Å². The normalized spacial score (nSPS) is 12.0. The summed E-state index contributed by atoms with van der Waals surface area (Å²) in [5.41, 5.74) is 1.45. The summed E-state index contributed by atoms with van der Waals surface area (Å²) in [7, 11) is 1.97. The minimum atomic E-state index is 0.224. The first-order valence-electron chi connectivity index (χ1n) is 5.92. The number of hydrogen-bond acceptors (Lipinski definition) is 3. The molecule has 1 heterocycles. The van der Waals surface area contributed by atoms with Crippen LogP contribution in [0.25, 0.3) is 0 Å². The molecular weight excluding hydrogens is 200 g/mol. The molecule has 0 saturated carbocycles. The van der Waals surface area contributed by atoms with Gasteiger partial charge >= 0.3 is 0 Å². The van der Waals surface area contributed by atoms with Crippen LogP contribution in [0.3, 0.4) is 0 Å². The van der Waals surface area contributed by atoms with Crippen LogP contribution < -0.4 is 10.6 Å². The summed E-state index contributed by atoms with van der Waals surface area (Å²) in [6.07, 6.45) is 2.98. The first-order chi connectivity index (χ1) is 7.49. The van der Waals surface area contributed by atoms with Crippen molar-refractivity contribution in [2.24, 2.45) is 7.05 Å². The van der Waals surface area contributed by atoms with Gasteiger partial charge in [-0.15, -0.1) is 0 Å². The molecule has 0 aliphatic heterocycles. The van der Waals surface area contributed by atoms with E-state index >= 15 is 0 Å². The number of nitrogens with zero attached hydrogens (tertiary/aromatic N) is 2. The molecule has 92 valence electrons. The first kappa shape index (κ1) is 13.2. The molecule has 2 N–H and O–H groups in total. The molecule has 4 heteroatoms. The van der Waals surface area contributed by atoms with Gasteiger partial charge in [-0.1, -0.05) is 0 Å². The molecule has 0 saturated heterocycles. The lowest BCUT2D eigenvalue weighted by Gasteiger charge is -2.20. The Balaban J connectivity index is 2.03. The number of rotatable bonds is 6. The molecule has 0 unspecified atom stereocenters. The van der Waals surface area contributed by atoms with Crippen molar-refractivity contribution in [3.63, 3.8) is 0 Å². The maximum Gasteiger partial charge on any atom is 0.0518 e. The van der Waals surface area contributed by atoms with Crippen molar-refractivity contribution < 1.29 is 0 Å². The van der Waals surface area contributed by atoms with Crippen LogP contribution >= 0.6 is 0 Å². The number of aryl methyl sites for hydroxylation is 1. The smallest absolute Gasteiger partial charge is 0.0518 e. The molecule has 1 aromatic rings. The Kier molecular flexibility index (Phi) is 4.96. The first-order valence-corrected chi connectivity index (χ1v) is 5.92. The van der Waals surface area contributed by atoms with Crippen molar-refractivity contribution in [2.75, 3.05) is 13.1 Å². The minimum Gasteiger partial charge on any atom is -0.312 e. The van der Waals surface area contributed by atoms with E-state index in [1.807, 2.05) is 24.0 Å². The lowest BCUT2D eigenvalue weighted by Crippen LogP contribution is -2.37. The second kappa shape index (κ2) is 6.01. The largest absolute Gasteiger partial charge is 0.312 e. The van der Waals surface area contributed by atoms with Gasteiger partial charge in [0.2, 0.25) is 0 Å². The molecule has 1 aromatic heterocycles. The van der Waals surface area contributed by atoms with Gasteiger partial charge in [0, 0.05) is 25.3 Å². The highest BCUT2D eigenvalue weighted by molar-refractivity contribution is 4.98. The Labute approximate surface area is 98.4 Å². The molecule has 0 fully saturated rings. The van der Waals surface area contributed by atoms with E-state index in [0.717, 1.165) is 26.1 Å². The van der Waals surface area contributed by atoms with Gasteiger partial charge < -0.3 is 10.6 Å². The predicted molar refractivity (Wildman–Crippen MR) is 67.3 cm³/mol. The third-order valence-electron chi connectivity index (χ3n) is 2.41. The molecule has 0 spiro atoms. The van der Waals surface area contributed by atoms with Gasteiger partial charge in [-0.2, -0.15) is 5.10 Å². The molecule has 16 heavy (non-hydrogen) atoms. The summed E-state index contributed by atoms with van der Waals surface area (Å²) in [6, 6.07) is 2.04. The van der Waals surface area contributed by atoms with Gasteiger partial charge in [0.15, 0.2) is 0 Å². The Morgan fingerprint density at radius 2 is 2.06 bits per heavy atom. The Hall–Kier alpha value is -0.870. The molecular formula is C12H24N4. The third kappa shape index (κ3) is 5.28. The van der Waals surface area contributed by atoms with Gasteiger partial charge in [0.1, 0.15) is 0 Å². The van der Waals surface area contributed by atoms with Crippen molar-refractivity contribution in [3.05, 3.63) is 18.0 Å². The molecule has 4 nitrogen and oxygen atoms in total. The summed E-state index contributed by atoms with van der Waals surface area (Å²) in [6.45, 7) is 9.56. The van der Waals surface area contributed by atoms with E-state index in [0.29, 0.717) is 0 Å². The lowest BCUT2D eigenvalue weighted by molar-refractivity contribution is 0.418. The van der Waals surface area contributed by atoms with Gasteiger partial charge in [-0.25, -0.2) is 0 Å². The van der Waals surface area contributed by atoms with E-state index in [1.165, 1.54) is 5.69 Å². The van der Waals surface area contributed by atoms with Crippen molar-refractivity contribution in [1.82, 2.24) is 20.4 Å². The summed E-state index contributed by atoms with van der Waals surface area (Å²) in [4.78, 5) is 0. The third-order valence-corrected chi connectivity index (χ3v) is 2.41. The minimum absolute atomic E-state index is 0.224. The van der Waals surface area contributed by atoms with Crippen LogP contribution in [0.1, 0.15) is 32.9 Å². The maximum absolute atomic E-state index is 4.13. The van der Waals surface area contributed by atoms with Crippen LogP contribution in [0.15, 0.2) is 12.3 Å². The molecule has 0 bridgehead atoms. The van der Waals surface area contributed by atoms with Crippen molar-refractivity contribution in [1.29, 1.82) is 0 Å². The fourth-order valence-electron chi connectivity index (χ4n) is 1.47. The van der Waals surface area contributed by atoms with Gasteiger partial charge in [-0.3, -0.25) is 4.68 Å². The zero-order valence-corrected chi connectivity index (χ0v) is 10.9. The highest BCUT2D eigenvalue weighted by atomic mass is 15.3. The molecule has 0 radical (unpaired) electrons. The van der Waals surface area contributed by atoms with E-state index in [4.69, 9.17) is 0 Å². The topological polar surface area (TPSA) is 41.9 Å². The zero-order chi connectivity index (χ0) is 12.0. The molecule has 0 aliphatic rings.